The maximum Gasteiger partial charge on any atom is 0.331 e. The van der Waals surface area contributed by atoms with Crippen LogP contribution in [-0.4, -0.2) is 20.9 Å². The van der Waals surface area contributed by atoms with Crippen molar-refractivity contribution < 1.29 is 0 Å². The van der Waals surface area contributed by atoms with E-state index < -0.39 is 0 Å². The van der Waals surface area contributed by atoms with Gasteiger partial charge in [-0.25, -0.2) is 9.78 Å². The van der Waals surface area contributed by atoms with Gasteiger partial charge in [0.15, 0.2) is 0 Å². The van der Waals surface area contributed by atoms with E-state index in [1.807, 2.05) is 30.3 Å². The van der Waals surface area contributed by atoms with E-state index in [1.54, 1.807) is 10.6 Å². The number of aromatic nitrogens is 3. The molecule has 0 aliphatic carbocycles. The van der Waals surface area contributed by atoms with E-state index in [1.165, 1.54) is 0 Å². The molecule has 0 saturated carbocycles. The quantitative estimate of drug-likeness (QED) is 0.698. The number of nitrogens with one attached hydrogen (secondary N) is 2. The molecule has 3 heterocycles. The van der Waals surface area contributed by atoms with E-state index >= 15 is 0 Å². The van der Waals surface area contributed by atoms with Crippen molar-refractivity contribution in [1.29, 1.82) is 0 Å². The first-order valence-electron chi connectivity index (χ1n) is 6.72. The molecule has 1 aliphatic rings. The number of aromatic amines is 1. The van der Waals surface area contributed by atoms with E-state index in [4.69, 9.17) is 0 Å². The van der Waals surface area contributed by atoms with Gasteiger partial charge in [0.1, 0.15) is 5.65 Å². The third-order valence-electron chi connectivity index (χ3n) is 3.74. The lowest BCUT2D eigenvalue weighted by molar-refractivity contribution is 0.624. The molecule has 2 N–H and O–H groups in total. The van der Waals surface area contributed by atoms with E-state index in [9.17, 15) is 4.79 Å². The second kappa shape index (κ2) is 4.31. The minimum Gasteiger partial charge on any atom is -0.312 e. The molecule has 1 aliphatic heterocycles. The summed E-state index contributed by atoms with van der Waals surface area (Å²) in [5, 5.41) is 3.33. The van der Waals surface area contributed by atoms with Crippen LogP contribution in [-0.2, 0) is 13.0 Å². The van der Waals surface area contributed by atoms with Crippen molar-refractivity contribution in [3.8, 4) is 11.3 Å². The maximum absolute atomic E-state index is 12.1. The Kier molecular flexibility index (Phi) is 2.47. The molecule has 4 rings (SSSR count). The summed E-state index contributed by atoms with van der Waals surface area (Å²) in [7, 11) is 0. The van der Waals surface area contributed by atoms with Crippen LogP contribution in [0.3, 0.4) is 0 Å². The lowest BCUT2D eigenvalue weighted by atomic mass is 10.1. The largest absolute Gasteiger partial charge is 0.331 e. The molecule has 5 heteroatoms. The van der Waals surface area contributed by atoms with Crippen molar-refractivity contribution in [2.24, 2.45) is 0 Å². The number of nitrogens with zero attached hydrogens (tertiary/aromatic N) is 2. The lowest BCUT2D eigenvalue weighted by Crippen LogP contribution is -2.29. The molecule has 3 aromatic rings. The van der Waals surface area contributed by atoms with Gasteiger partial charge in [0.25, 0.3) is 0 Å². The second-order valence-corrected chi connectivity index (χ2v) is 5.00. The minimum absolute atomic E-state index is 0.115. The van der Waals surface area contributed by atoms with Gasteiger partial charge in [-0.05, 0) is 0 Å². The number of fused-ring (bicyclic) bond motifs is 3. The van der Waals surface area contributed by atoms with E-state index in [0.717, 1.165) is 47.7 Å². The van der Waals surface area contributed by atoms with Gasteiger partial charge in [-0.3, -0.25) is 4.40 Å². The number of hydrogen-bond acceptors (Lipinski definition) is 3. The van der Waals surface area contributed by atoms with Crippen molar-refractivity contribution >= 4 is 5.65 Å². The molecule has 0 amide bonds. The zero-order valence-corrected chi connectivity index (χ0v) is 10.9. The summed E-state index contributed by atoms with van der Waals surface area (Å²) in [5.74, 6) is 0. The van der Waals surface area contributed by atoms with Gasteiger partial charge in [0.2, 0.25) is 0 Å². The smallest absolute Gasteiger partial charge is 0.312 e. The van der Waals surface area contributed by atoms with Crippen LogP contribution in [0.2, 0.25) is 0 Å². The van der Waals surface area contributed by atoms with Gasteiger partial charge in [-0.2, -0.15) is 0 Å². The molecule has 100 valence electrons. The van der Waals surface area contributed by atoms with Crippen LogP contribution in [0.1, 0.15) is 11.3 Å². The zero-order chi connectivity index (χ0) is 13.5. The number of hydrogen-bond donors (Lipinski definition) is 2. The van der Waals surface area contributed by atoms with E-state index in [2.05, 4.69) is 15.3 Å². The summed E-state index contributed by atoms with van der Waals surface area (Å²) >= 11 is 0. The Bertz CT molecular complexity index is 832. The van der Waals surface area contributed by atoms with Crippen LogP contribution in [0, 0.1) is 0 Å². The maximum atomic E-state index is 12.1. The highest BCUT2D eigenvalue weighted by Gasteiger charge is 2.17. The average Bonchev–Trinajstić information content (AvgIpc) is 2.94. The van der Waals surface area contributed by atoms with Gasteiger partial charge < -0.3 is 10.3 Å². The number of H-pyrrole nitrogens is 1. The third-order valence-corrected chi connectivity index (χ3v) is 3.74. The Hall–Kier alpha value is -2.40. The van der Waals surface area contributed by atoms with Crippen molar-refractivity contribution in [3.05, 3.63) is 58.3 Å². The molecule has 0 spiro atoms. The Morgan fingerprint density at radius 3 is 2.90 bits per heavy atom. The summed E-state index contributed by atoms with van der Waals surface area (Å²) < 4.78 is 1.61. The third kappa shape index (κ3) is 1.67. The first kappa shape index (κ1) is 11.4. The first-order chi connectivity index (χ1) is 9.83. The van der Waals surface area contributed by atoms with Crippen molar-refractivity contribution in [2.45, 2.75) is 13.0 Å². The molecule has 5 nitrogen and oxygen atoms in total. The predicted molar refractivity (Wildman–Crippen MR) is 76.7 cm³/mol. The first-order valence-corrected chi connectivity index (χ1v) is 6.72. The van der Waals surface area contributed by atoms with Gasteiger partial charge in [-0.1, -0.05) is 30.3 Å². The van der Waals surface area contributed by atoms with Crippen LogP contribution in [0.4, 0.5) is 0 Å². The molecule has 0 saturated heterocycles. The summed E-state index contributed by atoms with van der Waals surface area (Å²) in [5.41, 5.74) is 4.60. The molecular formula is C15H14N4O. The van der Waals surface area contributed by atoms with Crippen LogP contribution < -0.4 is 11.0 Å². The molecule has 0 radical (unpaired) electrons. The van der Waals surface area contributed by atoms with Crippen LogP contribution in [0.5, 0.6) is 0 Å². The van der Waals surface area contributed by atoms with Gasteiger partial charge in [0, 0.05) is 42.5 Å². The summed E-state index contributed by atoms with van der Waals surface area (Å²) in [6.45, 7) is 1.65. The Morgan fingerprint density at radius 1 is 1.20 bits per heavy atom. The SMILES string of the molecule is O=c1[nH]c2c(c3nc(-c4ccccc4)cn13)CNCC2. The van der Waals surface area contributed by atoms with Crippen molar-refractivity contribution in [1.82, 2.24) is 19.7 Å². The molecule has 20 heavy (non-hydrogen) atoms. The molecular weight excluding hydrogens is 252 g/mol. The topological polar surface area (TPSA) is 62.2 Å². The highest BCUT2D eigenvalue weighted by atomic mass is 16.1. The molecule has 0 fully saturated rings. The van der Waals surface area contributed by atoms with Gasteiger partial charge in [-0.15, -0.1) is 0 Å². The number of rotatable bonds is 1. The molecule has 0 unspecified atom stereocenters. The summed E-state index contributed by atoms with van der Waals surface area (Å²) in [4.78, 5) is 19.8. The fourth-order valence-electron chi connectivity index (χ4n) is 2.72. The van der Waals surface area contributed by atoms with Gasteiger partial charge in [0.05, 0.1) is 5.69 Å². The predicted octanol–water partition coefficient (Wildman–Crippen LogP) is 1.34. The highest BCUT2D eigenvalue weighted by Crippen LogP contribution is 2.21. The van der Waals surface area contributed by atoms with Crippen LogP contribution >= 0.6 is 0 Å². The van der Waals surface area contributed by atoms with E-state index in [-0.39, 0.29) is 5.69 Å². The van der Waals surface area contributed by atoms with Crippen LogP contribution in [0.15, 0.2) is 41.3 Å². The van der Waals surface area contributed by atoms with E-state index in [0.29, 0.717) is 0 Å². The standard InChI is InChI=1S/C15H14N4O/c20-15-18-12-6-7-16-8-11(12)14-17-13(9-19(14)15)10-4-2-1-3-5-10/h1-5,9,16H,6-8H2,(H,18,20). The highest BCUT2D eigenvalue weighted by molar-refractivity contribution is 5.64. The Morgan fingerprint density at radius 2 is 2.05 bits per heavy atom. The molecule has 0 atom stereocenters. The molecule has 0 bridgehead atoms. The number of benzene rings is 1. The number of imidazole rings is 1. The Balaban J connectivity index is 2.00. The fraction of sp³-hybridized carbons (Fsp3) is 0.200. The summed E-state index contributed by atoms with van der Waals surface area (Å²) in [6.07, 6.45) is 2.65. The van der Waals surface area contributed by atoms with Gasteiger partial charge >= 0.3 is 5.69 Å². The average molecular weight is 266 g/mol. The monoisotopic (exact) mass is 266 g/mol. The second-order valence-electron chi connectivity index (χ2n) is 5.00. The molecule has 2 aromatic heterocycles. The summed E-state index contributed by atoms with van der Waals surface area (Å²) in [6, 6.07) is 9.92. The minimum atomic E-state index is -0.115. The normalized spacial score (nSPS) is 14.4. The lowest BCUT2D eigenvalue weighted by Gasteiger charge is -2.16. The Labute approximate surface area is 115 Å². The van der Waals surface area contributed by atoms with Crippen molar-refractivity contribution in [3.63, 3.8) is 0 Å². The van der Waals surface area contributed by atoms with Crippen LogP contribution in [0.25, 0.3) is 16.9 Å². The fourth-order valence-corrected chi connectivity index (χ4v) is 2.72. The zero-order valence-electron chi connectivity index (χ0n) is 10.9. The molecule has 1 aromatic carbocycles. The van der Waals surface area contributed by atoms with Crippen molar-refractivity contribution in [2.75, 3.05) is 6.54 Å².